The molecule has 2 aromatic rings. The number of aliphatic hydroxyl groups is 1. The largest absolute Gasteiger partial charge is 0.397 e. The summed E-state index contributed by atoms with van der Waals surface area (Å²) in [5.41, 5.74) is 8.35. The Kier molecular flexibility index (Phi) is 3.96. The Morgan fingerprint density at radius 2 is 2.20 bits per heavy atom. The van der Waals surface area contributed by atoms with Crippen LogP contribution in [0, 0.1) is 13.8 Å². The van der Waals surface area contributed by atoms with Gasteiger partial charge in [0.25, 0.3) is 5.91 Å². The summed E-state index contributed by atoms with van der Waals surface area (Å²) in [5.74, 6) is -0.165. The monoisotopic (exact) mass is 293 g/mol. The van der Waals surface area contributed by atoms with Gasteiger partial charge in [0.15, 0.2) is 0 Å². The van der Waals surface area contributed by atoms with Crippen LogP contribution in [-0.2, 0) is 0 Å². The van der Waals surface area contributed by atoms with Crippen molar-refractivity contribution in [1.29, 1.82) is 0 Å². The van der Waals surface area contributed by atoms with Crippen LogP contribution in [0.15, 0.2) is 6.07 Å². The van der Waals surface area contributed by atoms with Crippen LogP contribution in [0.3, 0.4) is 0 Å². The predicted octanol–water partition coefficient (Wildman–Crippen LogP) is 1.95. The van der Waals surface area contributed by atoms with Crippen molar-refractivity contribution in [1.82, 2.24) is 9.88 Å². The first-order chi connectivity index (χ1) is 9.31. The number of aromatic nitrogens is 1. The van der Waals surface area contributed by atoms with E-state index in [1.165, 1.54) is 16.2 Å². The molecule has 5 nitrogen and oxygen atoms in total. The zero-order valence-corrected chi connectivity index (χ0v) is 12.9. The smallest absolute Gasteiger partial charge is 0.265 e. The summed E-state index contributed by atoms with van der Waals surface area (Å²) in [6, 6.07) is 1.94. The maximum absolute atomic E-state index is 12.4. The van der Waals surface area contributed by atoms with Gasteiger partial charge in [-0.15, -0.1) is 11.3 Å². The number of rotatable bonds is 3. The fourth-order valence-corrected chi connectivity index (χ4v) is 3.56. The molecule has 0 aliphatic carbocycles. The lowest BCUT2D eigenvalue weighted by atomic mass is 10.2. The highest BCUT2D eigenvalue weighted by molar-refractivity contribution is 7.21. The first kappa shape index (κ1) is 14.7. The maximum Gasteiger partial charge on any atom is 0.265 e. The minimum atomic E-state index is -0.565. The van der Waals surface area contributed by atoms with Gasteiger partial charge in [0.1, 0.15) is 4.88 Å². The molecule has 2 aromatic heterocycles. The number of fused-ring (bicyclic) bond motifs is 1. The van der Waals surface area contributed by atoms with E-state index < -0.39 is 6.10 Å². The van der Waals surface area contributed by atoms with Crippen molar-refractivity contribution in [3.8, 4) is 0 Å². The van der Waals surface area contributed by atoms with Gasteiger partial charge in [-0.05, 0) is 26.8 Å². The van der Waals surface area contributed by atoms with Crippen LogP contribution in [0.5, 0.6) is 0 Å². The number of likely N-dealkylation sites (N-methyl/N-ethyl adjacent to an activating group) is 1. The van der Waals surface area contributed by atoms with Gasteiger partial charge in [-0.25, -0.2) is 0 Å². The Morgan fingerprint density at radius 3 is 2.80 bits per heavy atom. The highest BCUT2D eigenvalue weighted by atomic mass is 32.1. The van der Waals surface area contributed by atoms with Crippen LogP contribution in [0.2, 0.25) is 0 Å². The third-order valence-electron chi connectivity index (χ3n) is 3.10. The van der Waals surface area contributed by atoms with Crippen molar-refractivity contribution in [3.63, 3.8) is 0 Å². The number of hydrogen-bond acceptors (Lipinski definition) is 5. The molecular weight excluding hydrogens is 274 g/mol. The molecule has 1 amide bonds. The molecule has 0 spiro atoms. The molecule has 108 valence electrons. The average molecular weight is 293 g/mol. The van der Waals surface area contributed by atoms with Crippen LogP contribution in [-0.4, -0.2) is 40.6 Å². The van der Waals surface area contributed by atoms with Crippen molar-refractivity contribution in [2.24, 2.45) is 0 Å². The Bertz CT molecular complexity index is 664. The van der Waals surface area contributed by atoms with Gasteiger partial charge in [0.2, 0.25) is 0 Å². The summed E-state index contributed by atoms with van der Waals surface area (Å²) in [6.07, 6.45) is -0.565. The second-order valence-electron chi connectivity index (χ2n) is 5.10. The fourth-order valence-electron chi connectivity index (χ4n) is 2.29. The van der Waals surface area contributed by atoms with Gasteiger partial charge in [0.05, 0.1) is 11.8 Å². The summed E-state index contributed by atoms with van der Waals surface area (Å²) in [5, 5.41) is 10.2. The Labute approximate surface area is 122 Å². The van der Waals surface area contributed by atoms with E-state index in [0.717, 1.165) is 21.5 Å². The SMILES string of the molecule is Cc1cc2sc(C(=O)N(C)CC(C)O)c(N)c2c(C)n1. The quantitative estimate of drug-likeness (QED) is 0.906. The summed E-state index contributed by atoms with van der Waals surface area (Å²) in [4.78, 5) is 18.8. The van der Waals surface area contributed by atoms with Gasteiger partial charge < -0.3 is 15.7 Å². The molecule has 2 heterocycles. The van der Waals surface area contributed by atoms with Crippen LogP contribution < -0.4 is 5.73 Å². The Balaban J connectivity index is 2.48. The third kappa shape index (κ3) is 2.62. The maximum atomic E-state index is 12.4. The second-order valence-corrected chi connectivity index (χ2v) is 6.15. The van der Waals surface area contributed by atoms with E-state index in [2.05, 4.69) is 4.98 Å². The van der Waals surface area contributed by atoms with Crippen molar-refractivity contribution in [2.75, 3.05) is 19.3 Å². The highest BCUT2D eigenvalue weighted by Crippen LogP contribution is 2.36. The fraction of sp³-hybridized carbons (Fsp3) is 0.429. The zero-order chi connectivity index (χ0) is 15.0. The van der Waals surface area contributed by atoms with Gasteiger partial charge in [-0.2, -0.15) is 0 Å². The number of aryl methyl sites for hydroxylation is 2. The molecule has 0 aromatic carbocycles. The van der Waals surface area contributed by atoms with Crippen molar-refractivity contribution < 1.29 is 9.90 Å². The topological polar surface area (TPSA) is 79.5 Å². The molecule has 1 unspecified atom stereocenters. The van der Waals surface area contributed by atoms with Crippen molar-refractivity contribution >= 4 is 33.0 Å². The minimum absolute atomic E-state index is 0.165. The van der Waals surface area contributed by atoms with Gasteiger partial charge in [0, 0.05) is 35.1 Å². The lowest BCUT2D eigenvalue weighted by Crippen LogP contribution is -2.32. The van der Waals surface area contributed by atoms with Gasteiger partial charge in [-0.3, -0.25) is 9.78 Å². The van der Waals surface area contributed by atoms with Crippen LogP contribution in [0.25, 0.3) is 10.1 Å². The number of pyridine rings is 1. The van der Waals surface area contributed by atoms with E-state index in [-0.39, 0.29) is 12.5 Å². The number of hydrogen-bond donors (Lipinski definition) is 2. The third-order valence-corrected chi connectivity index (χ3v) is 4.24. The summed E-state index contributed by atoms with van der Waals surface area (Å²) >= 11 is 1.38. The molecule has 0 aliphatic rings. The number of nitrogen functional groups attached to an aromatic ring is 1. The molecule has 6 heteroatoms. The molecule has 3 N–H and O–H groups in total. The molecule has 0 aliphatic heterocycles. The Morgan fingerprint density at radius 1 is 1.55 bits per heavy atom. The predicted molar refractivity (Wildman–Crippen MR) is 82.1 cm³/mol. The number of anilines is 1. The number of carbonyl (C=O) groups excluding carboxylic acids is 1. The Hall–Kier alpha value is -1.66. The standard InChI is InChI=1S/C14H19N3O2S/c1-7-5-10-11(9(3)16-7)12(15)13(20-10)14(19)17(4)6-8(2)18/h5,8,18H,6,15H2,1-4H3. The number of carbonyl (C=O) groups is 1. The van der Waals surface area contributed by atoms with E-state index in [1.807, 2.05) is 19.9 Å². The van der Waals surface area contributed by atoms with Crippen LogP contribution >= 0.6 is 11.3 Å². The lowest BCUT2D eigenvalue weighted by Gasteiger charge is -2.18. The van der Waals surface area contributed by atoms with Crippen LogP contribution in [0.1, 0.15) is 28.0 Å². The number of amides is 1. The average Bonchev–Trinajstić information content (AvgIpc) is 2.64. The number of nitrogens with two attached hydrogens (primary N) is 1. The first-order valence-electron chi connectivity index (χ1n) is 6.41. The first-order valence-corrected chi connectivity index (χ1v) is 7.22. The number of thiophene rings is 1. The molecular formula is C14H19N3O2S. The number of nitrogens with zero attached hydrogens (tertiary/aromatic N) is 2. The molecule has 0 saturated heterocycles. The number of aliphatic hydroxyl groups excluding tert-OH is 1. The molecule has 0 bridgehead atoms. The van der Waals surface area contributed by atoms with E-state index in [0.29, 0.717) is 10.6 Å². The van der Waals surface area contributed by atoms with Crippen molar-refractivity contribution in [2.45, 2.75) is 26.9 Å². The van der Waals surface area contributed by atoms with Crippen molar-refractivity contribution in [3.05, 3.63) is 22.3 Å². The minimum Gasteiger partial charge on any atom is -0.397 e. The summed E-state index contributed by atoms with van der Waals surface area (Å²) in [7, 11) is 1.66. The molecule has 20 heavy (non-hydrogen) atoms. The zero-order valence-electron chi connectivity index (χ0n) is 12.1. The van der Waals surface area contributed by atoms with E-state index in [9.17, 15) is 9.90 Å². The van der Waals surface area contributed by atoms with E-state index in [4.69, 9.17) is 5.73 Å². The highest BCUT2D eigenvalue weighted by Gasteiger charge is 2.21. The summed E-state index contributed by atoms with van der Waals surface area (Å²) < 4.78 is 0.973. The van der Waals surface area contributed by atoms with Crippen LogP contribution in [0.4, 0.5) is 5.69 Å². The van der Waals surface area contributed by atoms with Gasteiger partial charge in [-0.1, -0.05) is 0 Å². The second kappa shape index (κ2) is 5.38. The summed E-state index contributed by atoms with van der Waals surface area (Å²) in [6.45, 7) is 5.74. The van der Waals surface area contributed by atoms with Gasteiger partial charge >= 0.3 is 0 Å². The molecule has 2 rings (SSSR count). The molecule has 0 fully saturated rings. The normalized spacial score (nSPS) is 12.7. The molecule has 0 saturated carbocycles. The molecule has 1 atom stereocenters. The van der Waals surface area contributed by atoms with E-state index in [1.54, 1.807) is 14.0 Å². The van der Waals surface area contributed by atoms with E-state index >= 15 is 0 Å². The lowest BCUT2D eigenvalue weighted by molar-refractivity contribution is 0.0709. The molecule has 0 radical (unpaired) electrons.